The molecule has 1 aliphatic heterocycles. The van der Waals surface area contributed by atoms with Gasteiger partial charge in [0.2, 0.25) is 5.91 Å². The summed E-state index contributed by atoms with van der Waals surface area (Å²) >= 11 is 1.46. The summed E-state index contributed by atoms with van der Waals surface area (Å²) in [6, 6.07) is 9.23. The van der Waals surface area contributed by atoms with Gasteiger partial charge >= 0.3 is 0 Å². The molecule has 144 valence electrons. The van der Waals surface area contributed by atoms with E-state index in [9.17, 15) is 9.59 Å². The number of piperidine rings is 1. The minimum atomic E-state index is -0.779. The number of hydrogen-bond acceptors (Lipinski definition) is 6. The molecule has 0 saturated carbocycles. The second-order valence-corrected chi connectivity index (χ2v) is 7.35. The van der Waals surface area contributed by atoms with Gasteiger partial charge in [-0.15, -0.1) is 11.3 Å². The number of aromatic nitrogens is 1. The SMILES string of the molecule is COCCNC(=O)C1(Nc2nccs2)CCN(C(=O)c2ccccc2)CC1. The fourth-order valence-electron chi connectivity index (χ4n) is 3.19. The van der Waals surface area contributed by atoms with E-state index in [1.807, 2.05) is 35.7 Å². The van der Waals surface area contributed by atoms with Crippen LogP contribution >= 0.6 is 11.3 Å². The predicted molar refractivity (Wildman–Crippen MR) is 105 cm³/mol. The minimum absolute atomic E-state index is 0.00163. The Balaban J connectivity index is 1.70. The van der Waals surface area contributed by atoms with Crippen LogP contribution in [0.15, 0.2) is 41.9 Å². The Morgan fingerprint density at radius 2 is 2.00 bits per heavy atom. The third-order valence-electron chi connectivity index (χ3n) is 4.73. The smallest absolute Gasteiger partial charge is 0.253 e. The molecule has 0 atom stereocenters. The summed E-state index contributed by atoms with van der Waals surface area (Å²) in [4.78, 5) is 31.7. The summed E-state index contributed by atoms with van der Waals surface area (Å²) in [7, 11) is 1.60. The second kappa shape index (κ2) is 8.96. The molecule has 1 aromatic heterocycles. The van der Waals surface area contributed by atoms with Gasteiger partial charge in [0, 0.05) is 43.9 Å². The van der Waals surface area contributed by atoms with Crippen molar-refractivity contribution < 1.29 is 14.3 Å². The molecule has 1 saturated heterocycles. The highest BCUT2D eigenvalue weighted by molar-refractivity contribution is 7.13. The summed E-state index contributed by atoms with van der Waals surface area (Å²) in [5, 5.41) is 8.82. The molecule has 3 rings (SSSR count). The zero-order valence-corrected chi connectivity index (χ0v) is 16.1. The Labute approximate surface area is 162 Å². The molecule has 1 aromatic carbocycles. The number of hydrogen-bond donors (Lipinski definition) is 2. The molecule has 2 amide bonds. The number of ether oxygens (including phenoxy) is 1. The first-order chi connectivity index (χ1) is 13.1. The Morgan fingerprint density at radius 1 is 1.26 bits per heavy atom. The van der Waals surface area contributed by atoms with Gasteiger partial charge in [-0.2, -0.15) is 0 Å². The van der Waals surface area contributed by atoms with Crippen LogP contribution in [0.5, 0.6) is 0 Å². The quantitative estimate of drug-likeness (QED) is 0.709. The molecule has 8 heteroatoms. The summed E-state index contributed by atoms with van der Waals surface area (Å²) in [6.45, 7) is 1.91. The zero-order chi connectivity index (χ0) is 19.1. The number of likely N-dealkylation sites (tertiary alicyclic amines) is 1. The molecule has 2 aromatic rings. The van der Waals surface area contributed by atoms with Gasteiger partial charge in [-0.25, -0.2) is 4.98 Å². The summed E-state index contributed by atoms with van der Waals surface area (Å²) in [5.41, 5.74) is -0.110. The van der Waals surface area contributed by atoms with Crippen LogP contribution in [0, 0.1) is 0 Å². The van der Waals surface area contributed by atoms with E-state index in [2.05, 4.69) is 15.6 Å². The van der Waals surface area contributed by atoms with Gasteiger partial charge in [0.25, 0.3) is 5.91 Å². The number of carbonyl (C=O) groups excluding carboxylic acids is 2. The van der Waals surface area contributed by atoms with Crippen LogP contribution in [0.1, 0.15) is 23.2 Å². The molecule has 0 radical (unpaired) electrons. The van der Waals surface area contributed by atoms with Gasteiger partial charge < -0.3 is 20.3 Å². The van der Waals surface area contributed by atoms with Crippen LogP contribution in [-0.2, 0) is 9.53 Å². The highest BCUT2D eigenvalue weighted by Gasteiger charge is 2.42. The first-order valence-electron chi connectivity index (χ1n) is 8.94. The maximum absolute atomic E-state index is 12.9. The van der Waals surface area contributed by atoms with Crippen LogP contribution < -0.4 is 10.6 Å². The lowest BCUT2D eigenvalue weighted by Crippen LogP contribution is -2.59. The fourth-order valence-corrected chi connectivity index (χ4v) is 3.82. The van der Waals surface area contributed by atoms with Crippen molar-refractivity contribution in [1.29, 1.82) is 0 Å². The van der Waals surface area contributed by atoms with E-state index < -0.39 is 5.54 Å². The van der Waals surface area contributed by atoms with E-state index in [-0.39, 0.29) is 11.8 Å². The predicted octanol–water partition coefficient (Wildman–Crippen LogP) is 1.99. The number of amides is 2. The molecule has 0 unspecified atom stereocenters. The van der Waals surface area contributed by atoms with Crippen molar-refractivity contribution in [2.75, 3.05) is 38.7 Å². The standard InChI is InChI=1S/C19H24N4O3S/c1-26-13-9-20-17(25)19(22-18-21-10-14-27-18)7-11-23(12-8-19)16(24)15-5-3-2-4-6-15/h2-6,10,14H,7-9,11-13H2,1H3,(H,20,25)(H,21,22). The van der Waals surface area contributed by atoms with E-state index in [1.165, 1.54) is 11.3 Å². The van der Waals surface area contributed by atoms with E-state index in [0.29, 0.717) is 49.8 Å². The number of methoxy groups -OCH3 is 1. The topological polar surface area (TPSA) is 83.6 Å². The molecule has 0 bridgehead atoms. The second-order valence-electron chi connectivity index (χ2n) is 6.45. The molecule has 27 heavy (non-hydrogen) atoms. The molecule has 2 heterocycles. The molecular formula is C19H24N4O3S. The highest BCUT2D eigenvalue weighted by Crippen LogP contribution is 2.29. The maximum Gasteiger partial charge on any atom is 0.253 e. The molecule has 7 nitrogen and oxygen atoms in total. The number of rotatable bonds is 7. The van der Waals surface area contributed by atoms with Crippen LogP contribution in [0.2, 0.25) is 0 Å². The van der Waals surface area contributed by atoms with Gasteiger partial charge in [-0.1, -0.05) is 18.2 Å². The van der Waals surface area contributed by atoms with E-state index in [1.54, 1.807) is 18.2 Å². The third-order valence-corrected chi connectivity index (χ3v) is 5.42. The Bertz CT molecular complexity index is 744. The van der Waals surface area contributed by atoms with E-state index in [0.717, 1.165) is 0 Å². The maximum atomic E-state index is 12.9. The molecule has 1 fully saturated rings. The van der Waals surface area contributed by atoms with Crippen LogP contribution in [-0.4, -0.2) is 60.6 Å². The van der Waals surface area contributed by atoms with Crippen molar-refractivity contribution in [1.82, 2.24) is 15.2 Å². The lowest BCUT2D eigenvalue weighted by Gasteiger charge is -2.41. The summed E-state index contributed by atoms with van der Waals surface area (Å²) < 4.78 is 5.02. The van der Waals surface area contributed by atoms with Crippen molar-refractivity contribution in [3.63, 3.8) is 0 Å². The molecule has 0 aliphatic carbocycles. The molecule has 1 aliphatic rings. The van der Waals surface area contributed by atoms with Crippen molar-refractivity contribution >= 4 is 28.3 Å². The van der Waals surface area contributed by atoms with Crippen molar-refractivity contribution in [3.8, 4) is 0 Å². The number of thiazole rings is 1. The minimum Gasteiger partial charge on any atom is -0.383 e. The van der Waals surface area contributed by atoms with Crippen molar-refractivity contribution in [2.45, 2.75) is 18.4 Å². The fraction of sp³-hybridized carbons (Fsp3) is 0.421. The normalized spacial score (nSPS) is 16.0. The van der Waals surface area contributed by atoms with Gasteiger partial charge in [0.05, 0.1) is 6.61 Å². The van der Waals surface area contributed by atoms with Gasteiger partial charge in [-0.3, -0.25) is 9.59 Å². The monoisotopic (exact) mass is 388 g/mol. The Kier molecular flexibility index (Phi) is 6.41. The number of nitrogens with one attached hydrogen (secondary N) is 2. The lowest BCUT2D eigenvalue weighted by atomic mass is 9.86. The van der Waals surface area contributed by atoms with E-state index in [4.69, 9.17) is 4.74 Å². The highest BCUT2D eigenvalue weighted by atomic mass is 32.1. The number of carbonyl (C=O) groups is 2. The van der Waals surface area contributed by atoms with Crippen LogP contribution in [0.25, 0.3) is 0 Å². The van der Waals surface area contributed by atoms with Crippen LogP contribution in [0.4, 0.5) is 5.13 Å². The number of benzene rings is 1. The van der Waals surface area contributed by atoms with Crippen LogP contribution in [0.3, 0.4) is 0 Å². The zero-order valence-electron chi connectivity index (χ0n) is 15.3. The Morgan fingerprint density at radius 3 is 2.63 bits per heavy atom. The number of anilines is 1. The number of nitrogens with zero attached hydrogens (tertiary/aromatic N) is 2. The lowest BCUT2D eigenvalue weighted by molar-refractivity contribution is -0.127. The molecule has 0 spiro atoms. The average Bonchev–Trinajstić information content (AvgIpc) is 3.21. The third kappa shape index (κ3) is 4.64. The first-order valence-corrected chi connectivity index (χ1v) is 9.82. The van der Waals surface area contributed by atoms with Gasteiger partial charge in [0.15, 0.2) is 5.13 Å². The molecular weight excluding hydrogens is 364 g/mol. The average molecular weight is 388 g/mol. The molecule has 2 N–H and O–H groups in total. The largest absolute Gasteiger partial charge is 0.383 e. The van der Waals surface area contributed by atoms with E-state index >= 15 is 0 Å². The first kappa shape index (κ1) is 19.3. The Hall–Kier alpha value is -2.45. The summed E-state index contributed by atoms with van der Waals surface area (Å²) in [5.74, 6) is -0.0835. The van der Waals surface area contributed by atoms with Crippen molar-refractivity contribution in [2.24, 2.45) is 0 Å². The van der Waals surface area contributed by atoms with Crippen molar-refractivity contribution in [3.05, 3.63) is 47.5 Å². The summed E-state index contributed by atoms with van der Waals surface area (Å²) in [6.07, 6.45) is 2.74. The van der Waals surface area contributed by atoms with Gasteiger partial charge in [0.1, 0.15) is 5.54 Å². The van der Waals surface area contributed by atoms with Gasteiger partial charge in [-0.05, 0) is 25.0 Å².